The molecule has 0 aliphatic heterocycles. The first-order valence-electron chi connectivity index (χ1n) is 13.6. The monoisotopic (exact) mass is 526 g/mol. The largest absolute Gasteiger partial charge is 0.309 e. The van der Waals surface area contributed by atoms with E-state index in [1.165, 1.54) is 32.6 Å². The molecule has 0 atom stereocenters. The minimum Gasteiger partial charge on any atom is -0.309 e. The Balaban J connectivity index is 1.36. The molecule has 192 valence electrons. The Bertz CT molecular complexity index is 2410. The first-order chi connectivity index (χ1) is 20.4. The summed E-state index contributed by atoms with van der Waals surface area (Å²) >= 11 is 0. The van der Waals surface area contributed by atoms with E-state index in [1.807, 2.05) is 35.3 Å². The molecule has 0 spiro atoms. The van der Waals surface area contributed by atoms with Crippen molar-refractivity contribution in [1.29, 1.82) is 0 Å². The number of imidazole rings is 1. The number of benzene rings is 5. The molecular formula is C35H22N6. The van der Waals surface area contributed by atoms with Crippen molar-refractivity contribution in [3.05, 3.63) is 134 Å². The molecule has 6 nitrogen and oxygen atoms in total. The van der Waals surface area contributed by atoms with E-state index >= 15 is 0 Å². The summed E-state index contributed by atoms with van der Waals surface area (Å²) in [5.41, 5.74) is 8.18. The summed E-state index contributed by atoms with van der Waals surface area (Å²) in [6, 6.07) is 42.3. The number of hydrogen-bond donors (Lipinski definition) is 0. The van der Waals surface area contributed by atoms with Gasteiger partial charge in [-0.2, -0.15) is 4.98 Å². The summed E-state index contributed by atoms with van der Waals surface area (Å²) in [5, 5.41) is 4.81. The lowest BCUT2D eigenvalue weighted by atomic mass is 10.1. The molecule has 4 heterocycles. The second-order valence-electron chi connectivity index (χ2n) is 10.2. The summed E-state index contributed by atoms with van der Waals surface area (Å²) in [5.74, 6) is 0.605. The Morgan fingerprint density at radius 2 is 1.00 bits per heavy atom. The number of rotatable bonds is 3. The minimum atomic E-state index is 0.605. The van der Waals surface area contributed by atoms with Gasteiger partial charge in [0.2, 0.25) is 5.95 Å². The number of hydrogen-bond acceptors (Lipinski definition) is 3. The van der Waals surface area contributed by atoms with Gasteiger partial charge >= 0.3 is 0 Å². The molecule has 4 aromatic heterocycles. The SMILES string of the molecule is c1ccc(-n2cnc3nc(-n4c5ccccc5c5c6c7ccccc7n(-c7ccccc7)c6ccc54)ncc32)cc1. The van der Waals surface area contributed by atoms with Gasteiger partial charge in [-0.1, -0.05) is 72.8 Å². The van der Waals surface area contributed by atoms with Crippen LogP contribution in [0.3, 0.4) is 0 Å². The Hall–Kier alpha value is -5.75. The highest BCUT2D eigenvalue weighted by Gasteiger charge is 2.21. The Morgan fingerprint density at radius 3 is 1.68 bits per heavy atom. The second kappa shape index (κ2) is 8.37. The van der Waals surface area contributed by atoms with Crippen molar-refractivity contribution in [2.24, 2.45) is 0 Å². The van der Waals surface area contributed by atoms with Crippen LogP contribution in [0.25, 0.3) is 72.1 Å². The van der Waals surface area contributed by atoms with Crippen LogP contribution in [-0.2, 0) is 0 Å². The van der Waals surface area contributed by atoms with E-state index in [0.29, 0.717) is 11.6 Å². The predicted molar refractivity (Wildman–Crippen MR) is 165 cm³/mol. The van der Waals surface area contributed by atoms with Crippen molar-refractivity contribution >= 4 is 54.8 Å². The van der Waals surface area contributed by atoms with E-state index in [4.69, 9.17) is 9.97 Å². The molecule has 0 bridgehead atoms. The molecule has 0 fully saturated rings. The van der Waals surface area contributed by atoms with Crippen molar-refractivity contribution in [2.45, 2.75) is 0 Å². The Morgan fingerprint density at radius 1 is 0.439 bits per heavy atom. The van der Waals surface area contributed by atoms with E-state index in [9.17, 15) is 0 Å². The van der Waals surface area contributed by atoms with Crippen LogP contribution in [0.15, 0.2) is 134 Å². The average Bonchev–Trinajstić information content (AvgIpc) is 3.71. The number of fused-ring (bicyclic) bond motifs is 8. The molecule has 9 aromatic rings. The lowest BCUT2D eigenvalue weighted by Gasteiger charge is -2.08. The number of aromatic nitrogens is 6. The van der Waals surface area contributed by atoms with E-state index < -0.39 is 0 Å². The molecule has 0 saturated carbocycles. The zero-order chi connectivity index (χ0) is 26.9. The van der Waals surface area contributed by atoms with Crippen molar-refractivity contribution < 1.29 is 0 Å². The third kappa shape index (κ3) is 3.10. The maximum atomic E-state index is 4.97. The van der Waals surface area contributed by atoms with Crippen LogP contribution in [0.2, 0.25) is 0 Å². The minimum absolute atomic E-state index is 0.605. The van der Waals surface area contributed by atoms with Gasteiger partial charge in [-0.15, -0.1) is 0 Å². The summed E-state index contributed by atoms with van der Waals surface area (Å²) in [4.78, 5) is 14.5. The van der Waals surface area contributed by atoms with Gasteiger partial charge in [0.05, 0.1) is 28.3 Å². The van der Waals surface area contributed by atoms with Crippen LogP contribution in [-0.4, -0.2) is 28.7 Å². The summed E-state index contributed by atoms with van der Waals surface area (Å²) in [6.45, 7) is 0. The third-order valence-corrected chi connectivity index (χ3v) is 8.01. The van der Waals surface area contributed by atoms with Gasteiger partial charge in [0.15, 0.2) is 5.65 Å². The first kappa shape index (κ1) is 22.1. The van der Waals surface area contributed by atoms with Crippen LogP contribution in [0.5, 0.6) is 0 Å². The fraction of sp³-hybridized carbons (Fsp3) is 0. The second-order valence-corrected chi connectivity index (χ2v) is 10.2. The zero-order valence-electron chi connectivity index (χ0n) is 21.9. The van der Waals surface area contributed by atoms with Crippen molar-refractivity contribution in [1.82, 2.24) is 28.7 Å². The molecule has 6 heteroatoms. The van der Waals surface area contributed by atoms with Gasteiger partial charge < -0.3 is 4.57 Å². The standard InChI is InChI=1S/C35H22N6/c1-3-11-23(12-4-1)39-22-37-34-31(39)21-36-35(38-34)41-28-18-10-8-16-26(28)33-30(41)20-19-29-32(33)25-15-7-9-17-27(25)40(29)24-13-5-2-6-14-24/h1-22H. The molecule has 0 saturated heterocycles. The van der Waals surface area contributed by atoms with Gasteiger partial charge in [0, 0.05) is 32.9 Å². The van der Waals surface area contributed by atoms with Gasteiger partial charge in [0.1, 0.15) is 11.8 Å². The average molecular weight is 527 g/mol. The van der Waals surface area contributed by atoms with Gasteiger partial charge in [-0.05, 0) is 48.5 Å². The smallest absolute Gasteiger partial charge is 0.236 e. The summed E-state index contributed by atoms with van der Waals surface area (Å²) < 4.78 is 6.54. The lowest BCUT2D eigenvalue weighted by molar-refractivity contribution is 1.00. The van der Waals surface area contributed by atoms with Crippen LogP contribution in [0.1, 0.15) is 0 Å². The molecule has 0 aliphatic rings. The van der Waals surface area contributed by atoms with Crippen LogP contribution in [0, 0.1) is 0 Å². The molecule has 0 radical (unpaired) electrons. The molecule has 0 aliphatic carbocycles. The van der Waals surface area contributed by atoms with Crippen molar-refractivity contribution in [3.63, 3.8) is 0 Å². The Labute approximate surface area is 234 Å². The van der Waals surface area contributed by atoms with Gasteiger partial charge in [-0.25, -0.2) is 9.97 Å². The van der Waals surface area contributed by atoms with Crippen molar-refractivity contribution in [3.8, 4) is 17.3 Å². The van der Waals surface area contributed by atoms with E-state index in [0.717, 1.165) is 27.9 Å². The van der Waals surface area contributed by atoms with E-state index in [-0.39, 0.29) is 0 Å². The Kier molecular flexibility index (Phi) is 4.51. The molecular weight excluding hydrogens is 504 g/mol. The quantitative estimate of drug-likeness (QED) is 0.234. The highest BCUT2D eigenvalue weighted by Crippen LogP contribution is 2.41. The van der Waals surface area contributed by atoms with Crippen molar-refractivity contribution in [2.75, 3.05) is 0 Å². The molecule has 0 amide bonds. The van der Waals surface area contributed by atoms with E-state index in [2.05, 4.69) is 117 Å². The molecule has 41 heavy (non-hydrogen) atoms. The maximum Gasteiger partial charge on any atom is 0.236 e. The van der Waals surface area contributed by atoms with Gasteiger partial charge in [0.25, 0.3) is 0 Å². The molecule has 0 unspecified atom stereocenters. The van der Waals surface area contributed by atoms with Crippen LogP contribution in [0.4, 0.5) is 0 Å². The van der Waals surface area contributed by atoms with Crippen LogP contribution >= 0.6 is 0 Å². The highest BCUT2D eigenvalue weighted by molar-refractivity contribution is 6.28. The number of nitrogens with zero attached hydrogens (tertiary/aromatic N) is 6. The molecule has 9 rings (SSSR count). The van der Waals surface area contributed by atoms with Crippen LogP contribution < -0.4 is 0 Å². The molecule has 5 aromatic carbocycles. The number of para-hydroxylation sites is 4. The topological polar surface area (TPSA) is 53.5 Å². The predicted octanol–water partition coefficient (Wildman–Crippen LogP) is 8.01. The fourth-order valence-electron chi connectivity index (χ4n) is 6.29. The third-order valence-electron chi connectivity index (χ3n) is 8.01. The fourth-order valence-corrected chi connectivity index (χ4v) is 6.29. The lowest BCUT2D eigenvalue weighted by Crippen LogP contribution is -2.02. The normalized spacial score (nSPS) is 11.9. The molecule has 0 N–H and O–H groups in total. The first-order valence-corrected chi connectivity index (χ1v) is 13.6. The summed E-state index contributed by atoms with van der Waals surface area (Å²) in [6.07, 6.45) is 3.68. The van der Waals surface area contributed by atoms with E-state index in [1.54, 1.807) is 0 Å². The van der Waals surface area contributed by atoms with Gasteiger partial charge in [-0.3, -0.25) is 9.13 Å². The zero-order valence-corrected chi connectivity index (χ0v) is 21.9. The highest BCUT2D eigenvalue weighted by atomic mass is 15.2. The summed E-state index contributed by atoms with van der Waals surface area (Å²) in [7, 11) is 0. The maximum absolute atomic E-state index is 4.97.